The smallest absolute Gasteiger partial charge is 0.119 e. The Balaban J connectivity index is 1.85. The van der Waals surface area contributed by atoms with Crippen molar-refractivity contribution in [2.24, 2.45) is 0 Å². The molecule has 0 aromatic heterocycles. The third-order valence-corrected chi connectivity index (χ3v) is 3.57. The van der Waals surface area contributed by atoms with Crippen LogP contribution in [-0.2, 0) is 0 Å². The van der Waals surface area contributed by atoms with E-state index in [4.69, 9.17) is 10.5 Å². The first-order chi connectivity index (χ1) is 8.45. The monoisotopic (exact) mass is 248 g/mol. The lowest BCUT2D eigenvalue weighted by Crippen LogP contribution is -2.48. The highest BCUT2D eigenvalue weighted by molar-refractivity contribution is 5.41. The van der Waals surface area contributed by atoms with Crippen LogP contribution < -0.4 is 10.5 Å². The van der Waals surface area contributed by atoms with E-state index in [2.05, 4.69) is 25.7 Å². The van der Waals surface area contributed by atoms with Gasteiger partial charge in [-0.1, -0.05) is 0 Å². The second-order valence-electron chi connectivity index (χ2n) is 6.04. The lowest BCUT2D eigenvalue weighted by atomic mass is 9.99. The Morgan fingerprint density at radius 2 is 1.67 bits per heavy atom. The molecule has 2 rings (SSSR count). The maximum absolute atomic E-state index is 5.99. The molecular weight excluding hydrogens is 224 g/mol. The fourth-order valence-electron chi connectivity index (χ4n) is 2.38. The van der Waals surface area contributed by atoms with E-state index in [0.29, 0.717) is 6.10 Å². The van der Waals surface area contributed by atoms with Crippen molar-refractivity contribution in [3.8, 4) is 5.75 Å². The van der Waals surface area contributed by atoms with Crippen molar-refractivity contribution in [2.75, 3.05) is 18.8 Å². The van der Waals surface area contributed by atoms with Gasteiger partial charge in [0.2, 0.25) is 0 Å². The summed E-state index contributed by atoms with van der Waals surface area (Å²) in [6.07, 6.45) is 2.54. The van der Waals surface area contributed by atoms with Gasteiger partial charge in [0.15, 0.2) is 0 Å². The number of rotatable bonds is 2. The zero-order valence-electron chi connectivity index (χ0n) is 11.6. The van der Waals surface area contributed by atoms with E-state index in [1.54, 1.807) is 0 Å². The van der Waals surface area contributed by atoms with E-state index in [0.717, 1.165) is 37.4 Å². The maximum atomic E-state index is 5.99. The van der Waals surface area contributed by atoms with Crippen LogP contribution in [0.1, 0.15) is 33.6 Å². The number of ether oxygens (including phenoxy) is 1. The zero-order valence-corrected chi connectivity index (χ0v) is 11.6. The van der Waals surface area contributed by atoms with Gasteiger partial charge in [-0.15, -0.1) is 0 Å². The molecule has 0 saturated carbocycles. The van der Waals surface area contributed by atoms with Crippen LogP contribution in [0.4, 0.5) is 5.69 Å². The van der Waals surface area contributed by atoms with Crippen LogP contribution in [0.3, 0.4) is 0 Å². The number of benzene rings is 1. The molecule has 100 valence electrons. The predicted octanol–water partition coefficient (Wildman–Crippen LogP) is 2.91. The molecule has 1 aromatic carbocycles. The Morgan fingerprint density at radius 1 is 1.11 bits per heavy atom. The zero-order chi connectivity index (χ0) is 13.2. The normalized spacial score (nSPS) is 18.8. The Labute approximate surface area is 110 Å². The van der Waals surface area contributed by atoms with Gasteiger partial charge >= 0.3 is 0 Å². The molecule has 1 aliphatic rings. The van der Waals surface area contributed by atoms with E-state index >= 15 is 0 Å². The molecule has 0 radical (unpaired) electrons. The van der Waals surface area contributed by atoms with Crippen molar-refractivity contribution in [1.29, 1.82) is 0 Å². The summed E-state index contributed by atoms with van der Waals surface area (Å²) in [6, 6.07) is 7.68. The lowest BCUT2D eigenvalue weighted by molar-refractivity contribution is 0.0491. The van der Waals surface area contributed by atoms with E-state index in [-0.39, 0.29) is 5.54 Å². The molecule has 1 saturated heterocycles. The van der Waals surface area contributed by atoms with Crippen molar-refractivity contribution >= 4 is 5.69 Å². The molecule has 3 nitrogen and oxygen atoms in total. The van der Waals surface area contributed by atoms with Gasteiger partial charge in [0, 0.05) is 24.3 Å². The molecule has 1 aliphatic heterocycles. The molecule has 0 spiro atoms. The van der Waals surface area contributed by atoms with E-state index in [1.807, 2.05) is 24.3 Å². The minimum atomic E-state index is 0.270. The van der Waals surface area contributed by atoms with Gasteiger partial charge in [-0.25, -0.2) is 0 Å². The van der Waals surface area contributed by atoms with Gasteiger partial charge < -0.3 is 10.5 Å². The molecule has 1 heterocycles. The number of anilines is 1. The number of nitrogens with zero attached hydrogens (tertiary/aromatic N) is 1. The average Bonchev–Trinajstić information content (AvgIpc) is 2.32. The molecule has 0 aliphatic carbocycles. The summed E-state index contributed by atoms with van der Waals surface area (Å²) in [4.78, 5) is 2.52. The first kappa shape index (κ1) is 13.2. The summed E-state index contributed by atoms with van der Waals surface area (Å²) >= 11 is 0. The van der Waals surface area contributed by atoms with Crippen molar-refractivity contribution < 1.29 is 4.74 Å². The van der Waals surface area contributed by atoms with Crippen molar-refractivity contribution in [3.05, 3.63) is 24.3 Å². The quantitative estimate of drug-likeness (QED) is 0.818. The first-order valence-corrected chi connectivity index (χ1v) is 6.72. The molecule has 3 heteroatoms. The Morgan fingerprint density at radius 3 is 2.17 bits per heavy atom. The summed E-state index contributed by atoms with van der Waals surface area (Å²) in [7, 11) is 0. The summed E-state index contributed by atoms with van der Waals surface area (Å²) in [5.41, 5.74) is 6.72. The Bertz CT molecular complexity index is 372. The minimum Gasteiger partial charge on any atom is -0.490 e. The average molecular weight is 248 g/mol. The van der Waals surface area contributed by atoms with Crippen LogP contribution in [0.2, 0.25) is 0 Å². The number of likely N-dealkylation sites (tertiary alicyclic amines) is 1. The Kier molecular flexibility index (Phi) is 3.81. The van der Waals surface area contributed by atoms with Crippen molar-refractivity contribution in [2.45, 2.75) is 45.3 Å². The summed E-state index contributed by atoms with van der Waals surface area (Å²) in [6.45, 7) is 9.04. The number of nitrogens with two attached hydrogens (primary N) is 1. The second kappa shape index (κ2) is 5.19. The molecule has 0 bridgehead atoms. The van der Waals surface area contributed by atoms with E-state index in [1.165, 1.54) is 0 Å². The van der Waals surface area contributed by atoms with Gasteiger partial charge in [-0.3, -0.25) is 4.90 Å². The van der Waals surface area contributed by atoms with Crippen LogP contribution in [0.5, 0.6) is 5.75 Å². The highest BCUT2D eigenvalue weighted by Crippen LogP contribution is 2.23. The number of nitrogen functional groups attached to an aromatic ring is 1. The van der Waals surface area contributed by atoms with Crippen molar-refractivity contribution in [1.82, 2.24) is 4.90 Å². The van der Waals surface area contributed by atoms with Gasteiger partial charge in [-0.2, -0.15) is 0 Å². The second-order valence-corrected chi connectivity index (χ2v) is 6.04. The predicted molar refractivity (Wildman–Crippen MR) is 75.8 cm³/mol. The van der Waals surface area contributed by atoms with E-state index < -0.39 is 0 Å². The van der Waals surface area contributed by atoms with Crippen LogP contribution in [0.25, 0.3) is 0 Å². The SMILES string of the molecule is CC(C)(C)N1CCC(Oc2ccc(N)cc2)CC1. The van der Waals surface area contributed by atoms with Gasteiger partial charge in [0.1, 0.15) is 11.9 Å². The summed E-state index contributed by atoms with van der Waals surface area (Å²) in [5.74, 6) is 0.929. The molecule has 0 unspecified atom stereocenters. The third kappa shape index (κ3) is 3.39. The fraction of sp³-hybridized carbons (Fsp3) is 0.600. The molecule has 0 atom stereocenters. The fourth-order valence-corrected chi connectivity index (χ4v) is 2.38. The van der Waals surface area contributed by atoms with Crippen molar-refractivity contribution in [3.63, 3.8) is 0 Å². The molecule has 18 heavy (non-hydrogen) atoms. The largest absolute Gasteiger partial charge is 0.490 e. The number of hydrogen-bond acceptors (Lipinski definition) is 3. The van der Waals surface area contributed by atoms with Crippen LogP contribution in [0, 0.1) is 0 Å². The lowest BCUT2D eigenvalue weighted by Gasteiger charge is -2.40. The van der Waals surface area contributed by atoms with Gasteiger partial charge in [-0.05, 0) is 57.9 Å². The molecule has 0 amide bonds. The van der Waals surface area contributed by atoms with E-state index in [9.17, 15) is 0 Å². The maximum Gasteiger partial charge on any atom is 0.119 e. The molecule has 1 aromatic rings. The minimum absolute atomic E-state index is 0.270. The third-order valence-electron chi connectivity index (χ3n) is 3.57. The number of hydrogen-bond donors (Lipinski definition) is 1. The highest BCUT2D eigenvalue weighted by Gasteiger charge is 2.27. The number of piperidine rings is 1. The standard InChI is InChI=1S/C15H24N2O/c1-15(2,3)17-10-8-14(9-11-17)18-13-6-4-12(16)5-7-13/h4-7,14H,8-11,16H2,1-3H3. The molecule has 1 fully saturated rings. The highest BCUT2D eigenvalue weighted by atomic mass is 16.5. The molecular formula is C15H24N2O. The molecule has 2 N–H and O–H groups in total. The Hall–Kier alpha value is -1.22. The summed E-state index contributed by atoms with van der Waals surface area (Å²) < 4.78 is 5.99. The summed E-state index contributed by atoms with van der Waals surface area (Å²) in [5, 5.41) is 0. The van der Waals surface area contributed by atoms with Crippen LogP contribution in [-0.4, -0.2) is 29.6 Å². The van der Waals surface area contributed by atoms with Crippen LogP contribution >= 0.6 is 0 Å². The topological polar surface area (TPSA) is 38.5 Å². The first-order valence-electron chi connectivity index (χ1n) is 6.72. The van der Waals surface area contributed by atoms with Crippen LogP contribution in [0.15, 0.2) is 24.3 Å². The van der Waals surface area contributed by atoms with Gasteiger partial charge in [0.25, 0.3) is 0 Å². The van der Waals surface area contributed by atoms with Gasteiger partial charge in [0.05, 0.1) is 0 Å².